The number of nitrogen functional groups attached to an aromatic ring is 1. The van der Waals surface area contributed by atoms with Crippen LogP contribution in [0.3, 0.4) is 0 Å². The summed E-state index contributed by atoms with van der Waals surface area (Å²) < 4.78 is 0. The predicted octanol–water partition coefficient (Wildman–Crippen LogP) is 4.06. The van der Waals surface area contributed by atoms with Crippen molar-refractivity contribution in [3.63, 3.8) is 0 Å². The first-order chi connectivity index (χ1) is 8.06. The van der Waals surface area contributed by atoms with Crippen LogP contribution in [-0.4, -0.2) is 12.8 Å². The minimum atomic E-state index is 0.488. The van der Waals surface area contributed by atoms with Crippen LogP contribution in [0.1, 0.15) is 45.7 Å². The second-order valence-electron chi connectivity index (χ2n) is 3.15. The minimum absolute atomic E-state index is 0.488. The van der Waals surface area contributed by atoms with E-state index in [1.54, 1.807) is 6.92 Å². The fourth-order valence-corrected chi connectivity index (χ4v) is 1.43. The molecule has 0 aromatic heterocycles. The van der Waals surface area contributed by atoms with E-state index in [9.17, 15) is 0 Å². The number of hydrogen-bond donors (Lipinski definition) is 3. The Balaban J connectivity index is 0. The van der Waals surface area contributed by atoms with E-state index in [0.29, 0.717) is 11.4 Å². The van der Waals surface area contributed by atoms with E-state index in [4.69, 9.17) is 11.1 Å². The molecular formula is C14H27N3. The quantitative estimate of drug-likeness (QED) is 0.536. The van der Waals surface area contributed by atoms with Crippen molar-refractivity contribution in [3.8, 4) is 0 Å². The second kappa shape index (κ2) is 9.70. The first-order valence-electron chi connectivity index (χ1n) is 6.19. The molecule has 3 heteroatoms. The van der Waals surface area contributed by atoms with Crippen molar-refractivity contribution in [1.29, 1.82) is 5.41 Å². The van der Waals surface area contributed by atoms with Crippen LogP contribution in [0.5, 0.6) is 0 Å². The molecule has 0 saturated carbocycles. The Bertz CT molecular complexity index is 344. The maximum atomic E-state index is 7.57. The average molecular weight is 237 g/mol. The Morgan fingerprint density at radius 1 is 1.18 bits per heavy atom. The number of hydrogen-bond acceptors (Lipinski definition) is 3. The zero-order valence-corrected chi connectivity index (χ0v) is 12.2. The maximum absolute atomic E-state index is 7.57. The van der Waals surface area contributed by atoms with Gasteiger partial charge in [-0.2, -0.15) is 0 Å². The molecule has 0 unspecified atom stereocenters. The number of benzene rings is 1. The fraction of sp³-hybridized carbons (Fsp3) is 0.500. The van der Waals surface area contributed by atoms with Crippen LogP contribution < -0.4 is 11.1 Å². The summed E-state index contributed by atoms with van der Waals surface area (Å²) in [5, 5.41) is 10.6. The molecule has 1 aromatic carbocycles. The third-order valence-corrected chi connectivity index (χ3v) is 1.96. The Morgan fingerprint density at radius 2 is 1.65 bits per heavy atom. The van der Waals surface area contributed by atoms with Crippen LogP contribution in [0.15, 0.2) is 12.1 Å². The highest BCUT2D eigenvalue weighted by atomic mass is 14.8. The Kier molecular flexibility index (Phi) is 10.2. The van der Waals surface area contributed by atoms with E-state index in [0.717, 1.165) is 16.8 Å². The predicted molar refractivity (Wildman–Crippen MR) is 80.3 cm³/mol. The van der Waals surface area contributed by atoms with Gasteiger partial charge in [0.15, 0.2) is 0 Å². The lowest BCUT2D eigenvalue weighted by molar-refractivity contribution is 1.39. The van der Waals surface area contributed by atoms with Gasteiger partial charge in [0, 0.05) is 29.7 Å². The van der Waals surface area contributed by atoms with Crippen molar-refractivity contribution in [2.45, 2.75) is 41.5 Å². The van der Waals surface area contributed by atoms with Crippen LogP contribution in [0.4, 0.5) is 11.4 Å². The van der Waals surface area contributed by atoms with E-state index >= 15 is 0 Å². The lowest BCUT2D eigenvalue weighted by Crippen LogP contribution is -2.05. The molecule has 0 spiro atoms. The monoisotopic (exact) mass is 237 g/mol. The van der Waals surface area contributed by atoms with Crippen LogP contribution in [0.2, 0.25) is 0 Å². The Morgan fingerprint density at radius 3 is 2.00 bits per heavy atom. The molecule has 1 rings (SSSR count). The van der Waals surface area contributed by atoms with Gasteiger partial charge in [0.05, 0.1) is 0 Å². The summed E-state index contributed by atoms with van der Waals surface area (Å²) in [5.74, 6) is 0. The van der Waals surface area contributed by atoms with Gasteiger partial charge in [-0.25, -0.2) is 0 Å². The van der Waals surface area contributed by atoms with Crippen LogP contribution >= 0.6 is 0 Å². The third-order valence-electron chi connectivity index (χ3n) is 1.96. The van der Waals surface area contributed by atoms with Crippen LogP contribution in [0.25, 0.3) is 0 Å². The smallest absolute Gasteiger partial charge is 0.0452 e. The van der Waals surface area contributed by atoms with E-state index in [1.165, 1.54) is 0 Å². The highest BCUT2D eigenvalue weighted by Crippen LogP contribution is 2.24. The molecule has 0 heterocycles. The van der Waals surface area contributed by atoms with E-state index in [-0.39, 0.29) is 0 Å². The number of rotatable bonds is 2. The Labute approximate surface area is 106 Å². The molecule has 3 nitrogen and oxygen atoms in total. The van der Waals surface area contributed by atoms with E-state index in [1.807, 2.05) is 53.8 Å². The van der Waals surface area contributed by atoms with Crippen LogP contribution in [-0.2, 0) is 0 Å². The van der Waals surface area contributed by atoms with Crippen molar-refractivity contribution in [2.75, 3.05) is 18.1 Å². The standard InChI is InChI=1S/C10H15N3.2C2H6/c1-6-4-8(12)10(7(2)11)9(5-6)13-3;2*1-2/h4-5,11,13H,12H2,1-3H3;2*1-2H3. The maximum Gasteiger partial charge on any atom is 0.0452 e. The molecule has 0 atom stereocenters. The number of aryl methyl sites for hydroxylation is 1. The Hall–Kier alpha value is -1.51. The molecule has 1 aromatic rings. The summed E-state index contributed by atoms with van der Waals surface area (Å²) in [4.78, 5) is 0. The van der Waals surface area contributed by atoms with Gasteiger partial charge in [0.2, 0.25) is 0 Å². The highest BCUT2D eigenvalue weighted by Gasteiger charge is 2.07. The summed E-state index contributed by atoms with van der Waals surface area (Å²) in [6, 6.07) is 3.87. The van der Waals surface area contributed by atoms with Crippen molar-refractivity contribution in [3.05, 3.63) is 23.3 Å². The van der Waals surface area contributed by atoms with Gasteiger partial charge in [0.1, 0.15) is 0 Å². The average Bonchev–Trinajstić information content (AvgIpc) is 2.32. The summed E-state index contributed by atoms with van der Waals surface area (Å²) in [5.41, 5.74) is 9.79. The fourth-order valence-electron chi connectivity index (χ4n) is 1.43. The minimum Gasteiger partial charge on any atom is -0.398 e. The molecule has 0 aliphatic heterocycles. The summed E-state index contributed by atoms with van der Waals surface area (Å²) >= 11 is 0. The zero-order chi connectivity index (χ0) is 14.0. The topological polar surface area (TPSA) is 61.9 Å². The molecule has 0 aliphatic carbocycles. The third kappa shape index (κ3) is 5.38. The molecule has 0 amide bonds. The van der Waals surface area contributed by atoms with Gasteiger partial charge >= 0.3 is 0 Å². The van der Waals surface area contributed by atoms with Gasteiger partial charge in [-0.15, -0.1) is 0 Å². The summed E-state index contributed by atoms with van der Waals surface area (Å²) in [6.07, 6.45) is 0. The molecule has 98 valence electrons. The first kappa shape index (κ1) is 17.9. The lowest BCUT2D eigenvalue weighted by Gasteiger charge is -2.11. The van der Waals surface area contributed by atoms with Crippen molar-refractivity contribution < 1.29 is 0 Å². The van der Waals surface area contributed by atoms with Crippen molar-refractivity contribution >= 4 is 17.1 Å². The summed E-state index contributed by atoms with van der Waals surface area (Å²) in [7, 11) is 1.83. The molecule has 17 heavy (non-hydrogen) atoms. The number of anilines is 2. The van der Waals surface area contributed by atoms with Gasteiger partial charge in [-0.1, -0.05) is 27.7 Å². The molecule has 0 saturated heterocycles. The molecule has 0 radical (unpaired) electrons. The van der Waals surface area contributed by atoms with Gasteiger partial charge in [0.25, 0.3) is 0 Å². The molecule has 0 aliphatic rings. The van der Waals surface area contributed by atoms with E-state index in [2.05, 4.69) is 5.32 Å². The molecule has 0 fully saturated rings. The van der Waals surface area contributed by atoms with Crippen LogP contribution in [0, 0.1) is 12.3 Å². The second-order valence-corrected chi connectivity index (χ2v) is 3.15. The number of nitrogens with two attached hydrogens (primary N) is 1. The highest BCUT2D eigenvalue weighted by molar-refractivity contribution is 6.06. The SMILES string of the molecule is CC.CC.CNc1cc(C)cc(N)c1C(C)=N. The van der Waals surface area contributed by atoms with Gasteiger partial charge in [-0.3, -0.25) is 0 Å². The van der Waals surface area contributed by atoms with E-state index < -0.39 is 0 Å². The van der Waals surface area contributed by atoms with Crippen molar-refractivity contribution in [1.82, 2.24) is 0 Å². The molecule has 0 bridgehead atoms. The number of nitrogens with one attached hydrogen (secondary N) is 2. The molecular weight excluding hydrogens is 210 g/mol. The van der Waals surface area contributed by atoms with Gasteiger partial charge < -0.3 is 16.5 Å². The zero-order valence-electron chi connectivity index (χ0n) is 12.2. The lowest BCUT2D eigenvalue weighted by atomic mass is 10.0. The normalized spacial score (nSPS) is 8.18. The summed E-state index contributed by atoms with van der Waals surface area (Å²) in [6.45, 7) is 11.7. The molecule has 4 N–H and O–H groups in total. The largest absolute Gasteiger partial charge is 0.398 e. The van der Waals surface area contributed by atoms with Crippen molar-refractivity contribution in [2.24, 2.45) is 0 Å². The first-order valence-corrected chi connectivity index (χ1v) is 6.19. The van der Waals surface area contributed by atoms with Gasteiger partial charge in [-0.05, 0) is 31.5 Å².